The Labute approximate surface area is 196 Å². The molecule has 0 saturated carbocycles. The average molecular weight is 519 g/mol. The van der Waals surface area contributed by atoms with Gasteiger partial charge in [-0.05, 0) is 55.5 Å². The van der Waals surface area contributed by atoms with Gasteiger partial charge in [0.05, 0.1) is 30.5 Å². The van der Waals surface area contributed by atoms with Crippen LogP contribution < -0.4 is 19.1 Å². The Balaban J connectivity index is 1.93. The second-order valence-electron chi connectivity index (χ2n) is 6.92. The lowest BCUT2D eigenvalue weighted by atomic mass is 10.2. The summed E-state index contributed by atoms with van der Waals surface area (Å²) < 4.78 is 39.2. The van der Waals surface area contributed by atoms with E-state index in [1.54, 1.807) is 54.6 Å². The molecular formula is C23H23BrN2O5S. The van der Waals surface area contributed by atoms with Crippen LogP contribution in [0.15, 0.2) is 76.1 Å². The maximum Gasteiger partial charge on any atom is 0.264 e. The lowest BCUT2D eigenvalue weighted by Gasteiger charge is -2.24. The first-order chi connectivity index (χ1) is 15.2. The van der Waals surface area contributed by atoms with Gasteiger partial charge in [0.15, 0.2) is 0 Å². The molecule has 0 fully saturated rings. The van der Waals surface area contributed by atoms with Gasteiger partial charge in [0.1, 0.15) is 18.0 Å². The molecule has 0 bridgehead atoms. The number of benzene rings is 3. The average Bonchev–Trinajstić information content (AvgIpc) is 2.78. The second kappa shape index (κ2) is 10.1. The van der Waals surface area contributed by atoms with Crippen LogP contribution >= 0.6 is 15.9 Å². The Bertz CT molecular complexity index is 1200. The van der Waals surface area contributed by atoms with E-state index in [4.69, 9.17) is 9.47 Å². The van der Waals surface area contributed by atoms with Crippen molar-refractivity contribution in [3.8, 4) is 11.5 Å². The molecule has 0 aromatic heterocycles. The van der Waals surface area contributed by atoms with Crippen molar-refractivity contribution in [2.24, 2.45) is 0 Å². The molecule has 0 atom stereocenters. The van der Waals surface area contributed by atoms with Crippen molar-refractivity contribution < 1.29 is 22.7 Å². The number of hydrogen-bond donors (Lipinski definition) is 1. The van der Waals surface area contributed by atoms with Gasteiger partial charge in [-0.25, -0.2) is 8.42 Å². The van der Waals surface area contributed by atoms with Gasteiger partial charge in [-0.3, -0.25) is 9.10 Å². The molecule has 0 unspecified atom stereocenters. The Kier molecular flexibility index (Phi) is 7.42. The van der Waals surface area contributed by atoms with E-state index in [0.717, 1.165) is 14.3 Å². The van der Waals surface area contributed by atoms with Gasteiger partial charge in [0, 0.05) is 10.5 Å². The third-order valence-electron chi connectivity index (χ3n) is 4.69. The number of halogens is 1. The minimum absolute atomic E-state index is 0.0980. The van der Waals surface area contributed by atoms with E-state index >= 15 is 0 Å². The highest BCUT2D eigenvalue weighted by atomic mass is 79.9. The molecule has 1 amide bonds. The first kappa shape index (κ1) is 23.6. The zero-order chi connectivity index (χ0) is 23.3. The summed E-state index contributed by atoms with van der Waals surface area (Å²) in [5, 5.41) is 2.72. The standard InChI is InChI=1S/C23H23BrN2O5S/c1-16-4-11-20(12-5-16)32(28,29)26(18-8-6-17(24)7-9-18)15-23(27)25-21-13-10-19(30-2)14-22(21)31-3/h4-14H,15H2,1-3H3,(H,25,27). The van der Waals surface area contributed by atoms with Crippen molar-refractivity contribution in [3.63, 3.8) is 0 Å². The van der Waals surface area contributed by atoms with Gasteiger partial charge in [-0.15, -0.1) is 0 Å². The monoisotopic (exact) mass is 518 g/mol. The predicted molar refractivity (Wildman–Crippen MR) is 128 cm³/mol. The molecule has 3 rings (SSSR count). The van der Waals surface area contributed by atoms with Crippen LogP contribution in [0.4, 0.5) is 11.4 Å². The highest BCUT2D eigenvalue weighted by Gasteiger charge is 2.27. The Morgan fingerprint density at radius 2 is 1.62 bits per heavy atom. The van der Waals surface area contributed by atoms with Gasteiger partial charge in [-0.1, -0.05) is 33.6 Å². The summed E-state index contributed by atoms with van der Waals surface area (Å²) in [6.45, 7) is 1.45. The number of aryl methyl sites for hydroxylation is 1. The number of nitrogens with zero attached hydrogens (tertiary/aromatic N) is 1. The number of anilines is 2. The number of ether oxygens (including phenoxy) is 2. The Hall–Kier alpha value is -3.04. The van der Waals surface area contributed by atoms with Gasteiger partial charge >= 0.3 is 0 Å². The van der Waals surface area contributed by atoms with Crippen molar-refractivity contribution in [2.75, 3.05) is 30.4 Å². The Morgan fingerprint density at radius 1 is 0.969 bits per heavy atom. The van der Waals surface area contributed by atoms with Gasteiger partial charge in [0.25, 0.3) is 10.0 Å². The van der Waals surface area contributed by atoms with Crippen LogP contribution in [0.5, 0.6) is 11.5 Å². The number of hydrogen-bond acceptors (Lipinski definition) is 5. The highest BCUT2D eigenvalue weighted by Crippen LogP contribution is 2.30. The minimum Gasteiger partial charge on any atom is -0.497 e. The Morgan fingerprint density at radius 3 is 2.22 bits per heavy atom. The summed E-state index contributed by atoms with van der Waals surface area (Å²) in [5.41, 5.74) is 1.70. The SMILES string of the molecule is COc1ccc(NC(=O)CN(c2ccc(Br)cc2)S(=O)(=O)c2ccc(C)cc2)c(OC)c1. The number of methoxy groups -OCH3 is 2. The van der Waals surface area contributed by atoms with Crippen molar-refractivity contribution in [3.05, 3.63) is 76.8 Å². The van der Waals surface area contributed by atoms with Crippen molar-refractivity contribution >= 4 is 43.2 Å². The number of amides is 1. The largest absolute Gasteiger partial charge is 0.497 e. The highest BCUT2D eigenvalue weighted by molar-refractivity contribution is 9.10. The molecule has 7 nitrogen and oxygen atoms in total. The summed E-state index contributed by atoms with van der Waals surface area (Å²) >= 11 is 3.35. The van der Waals surface area contributed by atoms with E-state index in [-0.39, 0.29) is 4.90 Å². The third-order valence-corrected chi connectivity index (χ3v) is 7.01. The number of nitrogens with one attached hydrogen (secondary N) is 1. The van der Waals surface area contributed by atoms with Crippen molar-refractivity contribution in [1.82, 2.24) is 0 Å². The van der Waals surface area contributed by atoms with Crippen LogP contribution in [0.25, 0.3) is 0 Å². The second-order valence-corrected chi connectivity index (χ2v) is 9.69. The number of carbonyl (C=O) groups excluding carboxylic acids is 1. The zero-order valence-corrected chi connectivity index (χ0v) is 20.2. The van der Waals surface area contributed by atoms with Crippen LogP contribution in [0.1, 0.15) is 5.56 Å². The lowest BCUT2D eigenvalue weighted by Crippen LogP contribution is -2.38. The van der Waals surface area contributed by atoms with E-state index < -0.39 is 22.5 Å². The molecule has 0 aliphatic heterocycles. The molecule has 9 heteroatoms. The van der Waals surface area contributed by atoms with Crippen LogP contribution in [0, 0.1) is 6.92 Å². The molecule has 3 aromatic rings. The number of sulfonamides is 1. The maximum absolute atomic E-state index is 13.4. The van der Waals surface area contributed by atoms with Crippen LogP contribution in [0.3, 0.4) is 0 Å². The van der Waals surface area contributed by atoms with E-state index in [9.17, 15) is 13.2 Å². The maximum atomic E-state index is 13.4. The minimum atomic E-state index is -3.99. The van der Waals surface area contributed by atoms with Crippen LogP contribution in [-0.4, -0.2) is 35.1 Å². The molecular weight excluding hydrogens is 496 g/mol. The predicted octanol–water partition coefficient (Wildman–Crippen LogP) is 4.61. The lowest BCUT2D eigenvalue weighted by molar-refractivity contribution is -0.114. The molecule has 0 radical (unpaired) electrons. The third kappa shape index (κ3) is 5.41. The molecule has 0 heterocycles. The summed E-state index contributed by atoms with van der Waals surface area (Å²) in [6.07, 6.45) is 0. The van der Waals surface area contributed by atoms with Crippen molar-refractivity contribution in [2.45, 2.75) is 11.8 Å². The van der Waals surface area contributed by atoms with Crippen LogP contribution in [-0.2, 0) is 14.8 Å². The molecule has 0 aliphatic rings. The fourth-order valence-electron chi connectivity index (χ4n) is 2.98. The summed E-state index contributed by atoms with van der Waals surface area (Å²) in [6, 6.07) is 18.1. The molecule has 1 N–H and O–H groups in total. The molecule has 0 aliphatic carbocycles. The molecule has 0 spiro atoms. The molecule has 32 heavy (non-hydrogen) atoms. The van der Waals surface area contributed by atoms with E-state index in [0.29, 0.717) is 22.9 Å². The molecule has 0 saturated heterocycles. The van der Waals surface area contributed by atoms with E-state index in [1.165, 1.54) is 26.4 Å². The number of rotatable bonds is 8. The van der Waals surface area contributed by atoms with Gasteiger partial charge < -0.3 is 14.8 Å². The van der Waals surface area contributed by atoms with E-state index in [2.05, 4.69) is 21.2 Å². The zero-order valence-electron chi connectivity index (χ0n) is 17.8. The first-order valence-electron chi connectivity index (χ1n) is 9.61. The van der Waals surface area contributed by atoms with Gasteiger partial charge in [-0.2, -0.15) is 0 Å². The summed E-state index contributed by atoms with van der Waals surface area (Å²) in [7, 11) is -0.992. The normalized spacial score (nSPS) is 11.0. The fourth-order valence-corrected chi connectivity index (χ4v) is 4.67. The molecule has 168 valence electrons. The van der Waals surface area contributed by atoms with Crippen molar-refractivity contribution in [1.29, 1.82) is 0 Å². The number of carbonyl (C=O) groups is 1. The fraction of sp³-hybridized carbons (Fsp3) is 0.174. The topological polar surface area (TPSA) is 84.9 Å². The summed E-state index contributed by atoms with van der Waals surface area (Å²) in [5.74, 6) is 0.444. The quantitative estimate of drug-likeness (QED) is 0.470. The molecule has 3 aromatic carbocycles. The first-order valence-corrected chi connectivity index (χ1v) is 11.8. The summed E-state index contributed by atoms with van der Waals surface area (Å²) in [4.78, 5) is 13.0. The smallest absolute Gasteiger partial charge is 0.264 e. The van der Waals surface area contributed by atoms with E-state index in [1.807, 2.05) is 6.92 Å². The van der Waals surface area contributed by atoms with Crippen LogP contribution in [0.2, 0.25) is 0 Å². The van der Waals surface area contributed by atoms with Gasteiger partial charge in [0.2, 0.25) is 5.91 Å².